The highest BCUT2D eigenvalue weighted by Crippen LogP contribution is 2.11. The van der Waals surface area contributed by atoms with Crippen molar-refractivity contribution in [2.24, 2.45) is 0 Å². The Morgan fingerprint density at radius 1 is 1.05 bits per heavy atom. The van der Waals surface area contributed by atoms with E-state index in [4.69, 9.17) is 4.74 Å². The summed E-state index contributed by atoms with van der Waals surface area (Å²) in [5.41, 5.74) is 1.64. The molecular weight excluding hydrogens is 238 g/mol. The van der Waals surface area contributed by atoms with Gasteiger partial charge in [-0.25, -0.2) is 0 Å². The summed E-state index contributed by atoms with van der Waals surface area (Å²) in [5, 5.41) is 2.72. The van der Waals surface area contributed by atoms with Crippen molar-refractivity contribution in [3.05, 3.63) is 71.9 Å². The number of nitrogens with one attached hydrogen (secondary N) is 1. The smallest absolute Gasteiger partial charge is 0.255 e. The predicted molar refractivity (Wildman–Crippen MR) is 75.9 cm³/mol. The summed E-state index contributed by atoms with van der Waals surface area (Å²) in [6.45, 7) is 0. The lowest BCUT2D eigenvalue weighted by molar-refractivity contribution is 0.0970. The number of hydrogen-bond donors (Lipinski definition) is 1. The Bertz CT molecular complexity index is 559. The van der Waals surface area contributed by atoms with Gasteiger partial charge in [0, 0.05) is 11.8 Å². The number of carbonyl (C=O) groups is 1. The zero-order valence-electron chi connectivity index (χ0n) is 10.7. The Hall–Kier alpha value is -2.55. The first-order valence-corrected chi connectivity index (χ1v) is 5.96. The molecule has 0 aliphatic rings. The van der Waals surface area contributed by atoms with Crippen molar-refractivity contribution in [1.82, 2.24) is 5.32 Å². The number of methoxy groups -OCH3 is 1. The third-order valence-electron chi connectivity index (χ3n) is 2.64. The highest BCUT2D eigenvalue weighted by atomic mass is 16.5. The first kappa shape index (κ1) is 12.9. The molecule has 2 rings (SSSR count). The van der Waals surface area contributed by atoms with E-state index in [-0.39, 0.29) is 5.91 Å². The Labute approximate surface area is 112 Å². The quantitative estimate of drug-likeness (QED) is 0.909. The average molecular weight is 253 g/mol. The molecule has 0 radical (unpaired) electrons. The second-order valence-corrected chi connectivity index (χ2v) is 3.95. The molecule has 96 valence electrons. The van der Waals surface area contributed by atoms with E-state index in [0.717, 1.165) is 11.3 Å². The second-order valence-electron chi connectivity index (χ2n) is 3.95. The van der Waals surface area contributed by atoms with Crippen LogP contribution in [-0.4, -0.2) is 13.0 Å². The molecule has 2 aromatic rings. The second kappa shape index (κ2) is 6.40. The Balaban J connectivity index is 1.95. The van der Waals surface area contributed by atoms with E-state index in [1.165, 1.54) is 0 Å². The third kappa shape index (κ3) is 3.71. The number of amides is 1. The maximum atomic E-state index is 11.8. The lowest BCUT2D eigenvalue weighted by atomic mass is 10.2. The van der Waals surface area contributed by atoms with E-state index < -0.39 is 0 Å². The first-order chi connectivity index (χ1) is 9.29. The van der Waals surface area contributed by atoms with Crippen molar-refractivity contribution >= 4 is 12.0 Å². The van der Waals surface area contributed by atoms with Gasteiger partial charge in [-0.2, -0.15) is 0 Å². The molecule has 2 aromatic carbocycles. The molecule has 0 saturated carbocycles. The lowest BCUT2D eigenvalue weighted by Gasteiger charge is -2.02. The number of hydrogen-bond acceptors (Lipinski definition) is 2. The van der Waals surface area contributed by atoms with Crippen LogP contribution in [0.5, 0.6) is 5.75 Å². The zero-order valence-corrected chi connectivity index (χ0v) is 10.7. The summed E-state index contributed by atoms with van der Waals surface area (Å²) in [7, 11) is 1.59. The normalized spacial score (nSPS) is 10.4. The van der Waals surface area contributed by atoms with E-state index in [1.54, 1.807) is 37.6 Å². The van der Waals surface area contributed by atoms with Gasteiger partial charge >= 0.3 is 0 Å². The van der Waals surface area contributed by atoms with Crippen molar-refractivity contribution in [2.45, 2.75) is 0 Å². The van der Waals surface area contributed by atoms with Crippen LogP contribution in [0.4, 0.5) is 0 Å². The molecule has 3 nitrogen and oxygen atoms in total. The van der Waals surface area contributed by atoms with Crippen molar-refractivity contribution in [1.29, 1.82) is 0 Å². The predicted octanol–water partition coefficient (Wildman–Crippen LogP) is 3.10. The van der Waals surface area contributed by atoms with Crippen LogP contribution in [0.15, 0.2) is 60.8 Å². The van der Waals surface area contributed by atoms with E-state index in [9.17, 15) is 4.79 Å². The first-order valence-electron chi connectivity index (χ1n) is 5.96. The van der Waals surface area contributed by atoms with Crippen molar-refractivity contribution in [3.63, 3.8) is 0 Å². The van der Waals surface area contributed by atoms with Gasteiger partial charge in [0.15, 0.2) is 0 Å². The largest absolute Gasteiger partial charge is 0.497 e. The summed E-state index contributed by atoms with van der Waals surface area (Å²) in [6, 6.07) is 16.8. The van der Waals surface area contributed by atoms with Gasteiger partial charge in [0.1, 0.15) is 5.75 Å². The van der Waals surface area contributed by atoms with Gasteiger partial charge in [-0.3, -0.25) is 4.79 Å². The topological polar surface area (TPSA) is 38.3 Å². The van der Waals surface area contributed by atoms with Crippen LogP contribution in [0.3, 0.4) is 0 Å². The lowest BCUT2D eigenvalue weighted by Crippen LogP contribution is -2.16. The Kier molecular flexibility index (Phi) is 4.34. The van der Waals surface area contributed by atoms with E-state index in [2.05, 4.69) is 5.32 Å². The maximum absolute atomic E-state index is 11.8. The molecule has 19 heavy (non-hydrogen) atoms. The van der Waals surface area contributed by atoms with Crippen LogP contribution in [-0.2, 0) is 0 Å². The molecule has 0 unspecified atom stereocenters. The highest BCUT2D eigenvalue weighted by Gasteiger charge is 2.02. The molecule has 0 aliphatic heterocycles. The summed E-state index contributed by atoms with van der Waals surface area (Å²) < 4.78 is 5.04. The highest BCUT2D eigenvalue weighted by molar-refractivity contribution is 5.95. The van der Waals surface area contributed by atoms with E-state index >= 15 is 0 Å². The summed E-state index contributed by atoms with van der Waals surface area (Å²) >= 11 is 0. The minimum absolute atomic E-state index is 0.144. The fourth-order valence-corrected chi connectivity index (χ4v) is 1.60. The summed E-state index contributed by atoms with van der Waals surface area (Å²) in [4.78, 5) is 11.8. The Morgan fingerprint density at radius 2 is 1.74 bits per heavy atom. The summed E-state index contributed by atoms with van der Waals surface area (Å²) in [6.07, 6.45) is 3.49. The summed E-state index contributed by atoms with van der Waals surface area (Å²) in [5.74, 6) is 0.589. The molecule has 1 N–H and O–H groups in total. The molecule has 0 bridgehead atoms. The van der Waals surface area contributed by atoms with Crippen LogP contribution in [0, 0.1) is 0 Å². The monoisotopic (exact) mass is 253 g/mol. The Morgan fingerprint density at radius 3 is 2.37 bits per heavy atom. The number of rotatable bonds is 4. The average Bonchev–Trinajstić information content (AvgIpc) is 2.48. The van der Waals surface area contributed by atoms with Gasteiger partial charge < -0.3 is 10.1 Å². The standard InChI is InChI=1S/C16H15NO2/c1-19-15-9-7-14(8-10-15)16(18)17-12-11-13-5-3-2-4-6-13/h2-12H,1H3,(H,17,18)/b12-11-. The number of benzene rings is 2. The third-order valence-corrected chi connectivity index (χ3v) is 2.64. The van der Waals surface area contributed by atoms with Gasteiger partial charge in [-0.1, -0.05) is 30.3 Å². The van der Waals surface area contributed by atoms with Gasteiger partial charge in [-0.05, 0) is 35.9 Å². The SMILES string of the molecule is COc1ccc(C(=O)N/C=C\c2ccccc2)cc1. The molecule has 3 heteroatoms. The maximum Gasteiger partial charge on any atom is 0.255 e. The van der Waals surface area contributed by atoms with Crippen molar-refractivity contribution in [2.75, 3.05) is 7.11 Å². The van der Waals surface area contributed by atoms with Crippen LogP contribution >= 0.6 is 0 Å². The van der Waals surface area contributed by atoms with Crippen LogP contribution in [0.25, 0.3) is 6.08 Å². The molecule has 1 amide bonds. The van der Waals surface area contributed by atoms with Crippen LogP contribution in [0.2, 0.25) is 0 Å². The molecule has 0 heterocycles. The fraction of sp³-hybridized carbons (Fsp3) is 0.0625. The molecule has 0 aromatic heterocycles. The molecule has 0 spiro atoms. The van der Waals surface area contributed by atoms with Crippen molar-refractivity contribution < 1.29 is 9.53 Å². The van der Waals surface area contributed by atoms with Gasteiger partial charge in [0.25, 0.3) is 5.91 Å². The molecule has 0 saturated heterocycles. The van der Waals surface area contributed by atoms with Crippen molar-refractivity contribution in [3.8, 4) is 5.75 Å². The molecule has 0 fully saturated rings. The molecular formula is C16H15NO2. The van der Waals surface area contributed by atoms with E-state index in [0.29, 0.717) is 5.56 Å². The van der Waals surface area contributed by atoms with E-state index in [1.807, 2.05) is 36.4 Å². The van der Waals surface area contributed by atoms with Gasteiger partial charge in [0.2, 0.25) is 0 Å². The fourth-order valence-electron chi connectivity index (χ4n) is 1.60. The molecule has 0 atom stereocenters. The van der Waals surface area contributed by atoms with Crippen LogP contribution in [0.1, 0.15) is 15.9 Å². The number of carbonyl (C=O) groups excluding carboxylic acids is 1. The minimum Gasteiger partial charge on any atom is -0.497 e. The van der Waals surface area contributed by atoms with Crippen LogP contribution < -0.4 is 10.1 Å². The number of ether oxygens (including phenoxy) is 1. The molecule has 0 aliphatic carbocycles. The van der Waals surface area contributed by atoms with Gasteiger partial charge in [-0.15, -0.1) is 0 Å². The van der Waals surface area contributed by atoms with Gasteiger partial charge in [0.05, 0.1) is 7.11 Å². The zero-order chi connectivity index (χ0) is 13.5. The minimum atomic E-state index is -0.144.